The second-order valence-electron chi connectivity index (χ2n) is 9.09. The molecule has 0 radical (unpaired) electrons. The van der Waals surface area contributed by atoms with Crippen molar-refractivity contribution in [1.29, 1.82) is 0 Å². The van der Waals surface area contributed by atoms with Crippen LogP contribution in [0.15, 0.2) is 6.20 Å². The van der Waals surface area contributed by atoms with Crippen molar-refractivity contribution in [3.63, 3.8) is 0 Å². The first-order valence-corrected chi connectivity index (χ1v) is 14.9. The lowest BCUT2D eigenvalue weighted by molar-refractivity contribution is -0.0204. The fourth-order valence-corrected chi connectivity index (χ4v) is 7.31. The molecule has 2 aliphatic heterocycles. The molecule has 2 aliphatic rings. The van der Waals surface area contributed by atoms with Gasteiger partial charge in [-0.2, -0.15) is 4.98 Å². The van der Waals surface area contributed by atoms with Gasteiger partial charge < -0.3 is 39.1 Å². The van der Waals surface area contributed by atoms with E-state index in [9.17, 15) is 24.2 Å². The Morgan fingerprint density at radius 2 is 1.97 bits per heavy atom. The molecule has 0 aromatic carbocycles. The zero-order valence-corrected chi connectivity index (χ0v) is 21.5. The van der Waals surface area contributed by atoms with Crippen molar-refractivity contribution in [2.75, 3.05) is 24.0 Å². The van der Waals surface area contributed by atoms with Crippen molar-refractivity contribution >= 4 is 38.3 Å². The predicted octanol–water partition coefficient (Wildman–Crippen LogP) is 0.901. The van der Waals surface area contributed by atoms with Crippen LogP contribution in [-0.2, 0) is 18.4 Å². The summed E-state index contributed by atoms with van der Waals surface area (Å²) in [6, 6.07) is 0.240. The van der Waals surface area contributed by atoms with Crippen molar-refractivity contribution in [3.8, 4) is 0 Å². The maximum absolute atomic E-state index is 11.9. The summed E-state index contributed by atoms with van der Waals surface area (Å²) in [5.74, 6) is -0.475. The van der Waals surface area contributed by atoms with Gasteiger partial charge in [0.2, 0.25) is 5.28 Å². The van der Waals surface area contributed by atoms with Crippen LogP contribution in [0.2, 0.25) is 5.28 Å². The van der Waals surface area contributed by atoms with E-state index in [1.807, 2.05) is 0 Å². The van der Waals surface area contributed by atoms with Crippen LogP contribution >= 0.6 is 26.8 Å². The van der Waals surface area contributed by atoms with Gasteiger partial charge in [0.05, 0.1) is 18.5 Å². The van der Waals surface area contributed by atoms with Gasteiger partial charge in [-0.25, -0.2) is 9.50 Å². The summed E-state index contributed by atoms with van der Waals surface area (Å²) < 4.78 is 34.8. The third-order valence-corrected chi connectivity index (χ3v) is 9.76. The van der Waals surface area contributed by atoms with Crippen LogP contribution in [0.3, 0.4) is 0 Å². The minimum atomic E-state index is -4.82. The van der Waals surface area contributed by atoms with Crippen molar-refractivity contribution in [1.82, 2.24) is 19.6 Å². The van der Waals surface area contributed by atoms with Gasteiger partial charge in [-0.15, -0.1) is 5.10 Å². The predicted molar refractivity (Wildman–Crippen MR) is 123 cm³/mol. The number of aliphatic hydroxyl groups excluding tert-OH is 2. The topological polar surface area (TPSA) is 200 Å². The summed E-state index contributed by atoms with van der Waals surface area (Å²) in [4.78, 5) is 38.4. The van der Waals surface area contributed by atoms with Crippen LogP contribution < -0.4 is 4.90 Å². The third kappa shape index (κ3) is 5.72. The number of aromatic nitrogens is 4. The fraction of sp³-hybridized carbons (Fsp3) is 0.722. The highest BCUT2D eigenvalue weighted by Gasteiger charge is 2.46. The van der Waals surface area contributed by atoms with Gasteiger partial charge in [-0.05, 0) is 30.4 Å². The molecule has 14 nitrogen and oxygen atoms in total. The molecule has 5 N–H and O–H groups in total. The summed E-state index contributed by atoms with van der Waals surface area (Å²) >= 11 is 6.22. The van der Waals surface area contributed by atoms with Crippen LogP contribution in [0.5, 0.6) is 0 Å². The molecule has 2 aromatic rings. The lowest BCUT2D eigenvalue weighted by Gasteiger charge is -2.28. The van der Waals surface area contributed by atoms with Crippen molar-refractivity contribution in [2.45, 2.75) is 57.1 Å². The first-order valence-electron chi connectivity index (χ1n) is 11.0. The van der Waals surface area contributed by atoms with Crippen molar-refractivity contribution in [2.24, 2.45) is 5.92 Å². The van der Waals surface area contributed by atoms with Crippen LogP contribution in [0.25, 0.3) is 5.65 Å². The number of nitrogens with zero attached hydrogens (tertiary/aromatic N) is 5. The molecule has 17 heteroatoms. The Bertz CT molecular complexity index is 1180. The van der Waals surface area contributed by atoms with Gasteiger partial charge in [0, 0.05) is 12.6 Å². The molecule has 0 spiro atoms. The number of halogens is 1. The maximum Gasteiger partial charge on any atom is 0.340 e. The highest BCUT2D eigenvalue weighted by atomic mass is 35.5. The van der Waals surface area contributed by atoms with Gasteiger partial charge >= 0.3 is 15.2 Å². The molecule has 0 amide bonds. The molecular formula is C18H28ClN5O9P2. The first-order chi connectivity index (χ1) is 16.3. The Balaban J connectivity index is 1.58. The van der Waals surface area contributed by atoms with Crippen LogP contribution in [0.4, 0.5) is 5.82 Å². The summed E-state index contributed by atoms with van der Waals surface area (Å²) in [5, 5.41) is 25.2. The minimum absolute atomic E-state index is 0.0484. The number of hydrogen-bond donors (Lipinski definition) is 5. The maximum atomic E-state index is 11.9. The molecule has 0 saturated carbocycles. The first kappa shape index (κ1) is 26.9. The highest BCUT2D eigenvalue weighted by Crippen LogP contribution is 2.55. The van der Waals surface area contributed by atoms with E-state index in [0.29, 0.717) is 17.4 Å². The second kappa shape index (κ2) is 9.94. The Kier molecular flexibility index (Phi) is 7.63. The van der Waals surface area contributed by atoms with E-state index in [1.54, 1.807) is 0 Å². The number of rotatable bonds is 8. The van der Waals surface area contributed by atoms with E-state index in [0.717, 1.165) is 19.4 Å². The lowest BCUT2D eigenvalue weighted by atomic mass is 10.0. The SMILES string of the molecule is CC(C)[C@@H]1CCCN1c1nc(Cl)nn2c(C3OC(COP(=O)(O)CP(=O)(O)O)C(O)C3O)cnc12. The largest absolute Gasteiger partial charge is 0.387 e. The second-order valence-corrected chi connectivity index (χ2v) is 13.4. The van der Waals surface area contributed by atoms with E-state index >= 15 is 0 Å². The van der Waals surface area contributed by atoms with Gasteiger partial charge in [0.1, 0.15) is 24.4 Å². The quantitative estimate of drug-likeness (QED) is 0.288. The third-order valence-electron chi connectivity index (χ3n) is 6.14. The van der Waals surface area contributed by atoms with Gasteiger partial charge in [-0.3, -0.25) is 9.13 Å². The minimum Gasteiger partial charge on any atom is -0.387 e. The Hall–Kier alpha value is -1.18. The van der Waals surface area contributed by atoms with E-state index in [2.05, 4.69) is 33.8 Å². The molecule has 2 fully saturated rings. The average Bonchev–Trinajstić information content (AvgIpc) is 3.43. The van der Waals surface area contributed by atoms with E-state index in [1.165, 1.54) is 10.7 Å². The van der Waals surface area contributed by atoms with Crippen LogP contribution in [0, 0.1) is 5.92 Å². The number of ether oxygens (including phenoxy) is 1. The molecule has 4 rings (SSSR count). The van der Waals surface area contributed by atoms with E-state index < -0.39 is 52.1 Å². The van der Waals surface area contributed by atoms with Crippen LogP contribution in [-0.4, -0.2) is 87.9 Å². The van der Waals surface area contributed by atoms with Gasteiger partial charge in [0.15, 0.2) is 17.4 Å². The van der Waals surface area contributed by atoms with Gasteiger partial charge in [-0.1, -0.05) is 13.8 Å². The van der Waals surface area contributed by atoms with Crippen molar-refractivity contribution in [3.05, 3.63) is 17.2 Å². The van der Waals surface area contributed by atoms with Crippen LogP contribution in [0.1, 0.15) is 38.5 Å². The van der Waals surface area contributed by atoms with Crippen molar-refractivity contribution < 1.29 is 43.3 Å². The molecule has 4 heterocycles. The molecule has 196 valence electrons. The smallest absolute Gasteiger partial charge is 0.340 e. The molecular weight excluding hydrogens is 528 g/mol. The van der Waals surface area contributed by atoms with Gasteiger partial charge in [0.25, 0.3) is 0 Å². The summed E-state index contributed by atoms with van der Waals surface area (Å²) in [6.45, 7) is 4.32. The Morgan fingerprint density at radius 3 is 2.63 bits per heavy atom. The average molecular weight is 556 g/mol. The molecule has 2 aromatic heterocycles. The normalized spacial score (nSPS) is 29.4. The molecule has 2 saturated heterocycles. The number of anilines is 1. The Morgan fingerprint density at radius 1 is 1.26 bits per heavy atom. The summed E-state index contributed by atoms with van der Waals surface area (Å²) in [6.07, 6.45) is -2.02. The molecule has 0 aliphatic carbocycles. The molecule has 5 unspecified atom stereocenters. The summed E-state index contributed by atoms with van der Waals surface area (Å²) in [7, 11) is -9.49. The van der Waals surface area contributed by atoms with E-state index in [4.69, 9.17) is 30.6 Å². The Labute approximate surface area is 205 Å². The molecule has 6 atom stereocenters. The highest BCUT2D eigenvalue weighted by molar-refractivity contribution is 7.70. The summed E-state index contributed by atoms with van der Waals surface area (Å²) in [5.41, 5.74) is 0.658. The van der Waals surface area contributed by atoms with E-state index in [-0.39, 0.29) is 17.0 Å². The number of hydrogen-bond acceptors (Lipinski definition) is 10. The monoisotopic (exact) mass is 555 g/mol. The zero-order valence-electron chi connectivity index (χ0n) is 19.0. The number of imidazole rings is 1. The number of aliphatic hydroxyl groups is 2. The lowest BCUT2D eigenvalue weighted by Crippen LogP contribution is -2.34. The molecule has 0 bridgehead atoms. The fourth-order valence-electron chi connectivity index (χ4n) is 4.59. The number of fused-ring (bicyclic) bond motifs is 1. The standard InChI is InChI=1S/C18H28ClN5O9P2/c1-9(2)10-4-3-5-23(10)17-16-20-6-11(24(16)22-18(19)21-17)15-14(26)13(25)12(33-15)7-32-35(30,31)8-34(27,28)29/h6,9-10,12-15,25-26H,3-5,7-8H2,1-2H3,(H,30,31)(H2,27,28,29)/t10-,12?,13?,14?,15?/m0/s1. The molecule has 35 heavy (non-hydrogen) atoms. The zero-order chi connectivity index (χ0) is 25.7.